The van der Waals surface area contributed by atoms with Crippen molar-refractivity contribution in [2.45, 2.75) is 19.3 Å². The molecule has 0 saturated heterocycles. The number of ether oxygens (including phenoxy) is 1. The molecule has 0 spiro atoms. The lowest BCUT2D eigenvalue weighted by atomic mass is 10.1. The predicted molar refractivity (Wildman–Crippen MR) is 79.9 cm³/mol. The molecule has 0 unspecified atom stereocenters. The smallest absolute Gasteiger partial charge is 0.313 e. The van der Waals surface area contributed by atoms with E-state index < -0.39 is 5.97 Å². The standard InChI is InChI=1S/C14H17N5O3/c1-22-13(21)8-11-16-14(19-18-11)17-12(20)7-6-9-4-2-3-5-10(9)15/h2-5H,6-8,15H2,1H3,(H2,16,17,18,19,20). The molecule has 0 atom stereocenters. The van der Waals surface area contributed by atoms with Crippen LogP contribution in [0.15, 0.2) is 24.3 Å². The lowest BCUT2D eigenvalue weighted by Crippen LogP contribution is -2.14. The zero-order valence-corrected chi connectivity index (χ0v) is 12.1. The van der Waals surface area contributed by atoms with Gasteiger partial charge >= 0.3 is 5.97 Å². The van der Waals surface area contributed by atoms with E-state index in [2.05, 4.69) is 25.2 Å². The van der Waals surface area contributed by atoms with Crippen LogP contribution in [-0.4, -0.2) is 34.2 Å². The number of anilines is 2. The number of aromatic nitrogens is 3. The first-order valence-electron chi connectivity index (χ1n) is 6.70. The van der Waals surface area contributed by atoms with Crippen LogP contribution in [-0.2, 0) is 27.2 Å². The van der Waals surface area contributed by atoms with Crippen molar-refractivity contribution < 1.29 is 14.3 Å². The van der Waals surface area contributed by atoms with Gasteiger partial charge in [-0.2, -0.15) is 4.98 Å². The van der Waals surface area contributed by atoms with E-state index in [9.17, 15) is 9.59 Å². The van der Waals surface area contributed by atoms with Crippen molar-refractivity contribution in [3.8, 4) is 0 Å². The number of carbonyl (C=O) groups is 2. The van der Waals surface area contributed by atoms with Gasteiger partial charge in [0.1, 0.15) is 12.2 Å². The highest BCUT2D eigenvalue weighted by molar-refractivity contribution is 5.89. The molecule has 22 heavy (non-hydrogen) atoms. The van der Waals surface area contributed by atoms with Gasteiger partial charge in [0.15, 0.2) is 0 Å². The van der Waals surface area contributed by atoms with Gasteiger partial charge in [0, 0.05) is 12.1 Å². The largest absolute Gasteiger partial charge is 0.469 e. The van der Waals surface area contributed by atoms with E-state index in [1.54, 1.807) is 6.07 Å². The lowest BCUT2D eigenvalue weighted by Gasteiger charge is -2.04. The number of amides is 1. The van der Waals surface area contributed by atoms with Gasteiger partial charge in [-0.05, 0) is 18.1 Å². The van der Waals surface area contributed by atoms with E-state index in [-0.39, 0.29) is 24.7 Å². The number of hydrogen-bond acceptors (Lipinski definition) is 6. The number of nitrogens with one attached hydrogen (secondary N) is 2. The maximum absolute atomic E-state index is 11.8. The van der Waals surface area contributed by atoms with Crippen molar-refractivity contribution in [3.63, 3.8) is 0 Å². The Morgan fingerprint density at radius 1 is 1.36 bits per heavy atom. The minimum Gasteiger partial charge on any atom is -0.469 e. The van der Waals surface area contributed by atoms with E-state index in [4.69, 9.17) is 5.73 Å². The fourth-order valence-electron chi connectivity index (χ4n) is 1.84. The quantitative estimate of drug-likeness (QED) is 0.532. The molecule has 4 N–H and O–H groups in total. The Kier molecular flexibility index (Phi) is 5.07. The topological polar surface area (TPSA) is 123 Å². The number of benzene rings is 1. The summed E-state index contributed by atoms with van der Waals surface area (Å²) in [5.74, 6) is -0.208. The van der Waals surface area contributed by atoms with Gasteiger partial charge in [-0.3, -0.25) is 20.0 Å². The number of methoxy groups -OCH3 is 1. The second-order valence-corrected chi connectivity index (χ2v) is 4.61. The summed E-state index contributed by atoms with van der Waals surface area (Å²) in [6, 6.07) is 7.39. The van der Waals surface area contributed by atoms with Crippen molar-refractivity contribution in [1.82, 2.24) is 15.2 Å². The van der Waals surface area contributed by atoms with Gasteiger partial charge in [-0.25, -0.2) is 0 Å². The molecule has 1 amide bonds. The number of H-pyrrole nitrogens is 1. The Morgan fingerprint density at radius 3 is 2.86 bits per heavy atom. The fraction of sp³-hybridized carbons (Fsp3) is 0.286. The van der Waals surface area contributed by atoms with Crippen LogP contribution in [0.4, 0.5) is 11.6 Å². The first kappa shape index (κ1) is 15.5. The van der Waals surface area contributed by atoms with Crippen LogP contribution in [0.1, 0.15) is 17.8 Å². The highest BCUT2D eigenvalue weighted by Crippen LogP contribution is 2.13. The van der Waals surface area contributed by atoms with Crippen LogP contribution in [0.5, 0.6) is 0 Å². The van der Waals surface area contributed by atoms with Crippen LogP contribution < -0.4 is 11.1 Å². The summed E-state index contributed by atoms with van der Waals surface area (Å²) in [4.78, 5) is 26.9. The highest BCUT2D eigenvalue weighted by atomic mass is 16.5. The van der Waals surface area contributed by atoms with Gasteiger partial charge < -0.3 is 10.5 Å². The van der Waals surface area contributed by atoms with Crippen LogP contribution in [0.25, 0.3) is 0 Å². The molecule has 8 nitrogen and oxygen atoms in total. The molecule has 2 aromatic rings. The second-order valence-electron chi connectivity index (χ2n) is 4.61. The molecule has 0 aliphatic heterocycles. The Bertz CT molecular complexity index is 668. The van der Waals surface area contributed by atoms with E-state index in [1.165, 1.54) is 7.11 Å². The van der Waals surface area contributed by atoms with Gasteiger partial charge in [-0.1, -0.05) is 18.2 Å². The predicted octanol–water partition coefficient (Wildman–Crippen LogP) is 0.674. The second kappa shape index (κ2) is 7.21. The molecule has 0 fully saturated rings. The normalized spacial score (nSPS) is 10.2. The number of hydrogen-bond donors (Lipinski definition) is 3. The minimum absolute atomic E-state index is 0.0279. The zero-order valence-electron chi connectivity index (χ0n) is 12.1. The van der Waals surface area contributed by atoms with Gasteiger partial charge in [-0.15, -0.1) is 5.10 Å². The fourth-order valence-corrected chi connectivity index (χ4v) is 1.84. The molecule has 2 rings (SSSR count). The highest BCUT2D eigenvalue weighted by Gasteiger charge is 2.11. The third kappa shape index (κ3) is 4.30. The van der Waals surface area contributed by atoms with Crippen molar-refractivity contribution in [1.29, 1.82) is 0 Å². The average molecular weight is 303 g/mol. The lowest BCUT2D eigenvalue weighted by molar-refractivity contribution is -0.139. The summed E-state index contributed by atoms with van der Waals surface area (Å²) in [5, 5.41) is 8.94. The number of esters is 1. The van der Waals surface area contributed by atoms with Crippen molar-refractivity contribution >= 4 is 23.5 Å². The first-order chi connectivity index (χ1) is 10.6. The third-order valence-corrected chi connectivity index (χ3v) is 3.00. The van der Waals surface area contributed by atoms with Crippen molar-refractivity contribution in [2.24, 2.45) is 0 Å². The Morgan fingerprint density at radius 2 is 2.14 bits per heavy atom. The monoisotopic (exact) mass is 303 g/mol. The summed E-state index contributed by atoms with van der Waals surface area (Å²) in [7, 11) is 1.29. The maximum atomic E-state index is 11.8. The molecule has 0 bridgehead atoms. The summed E-state index contributed by atoms with van der Waals surface area (Å²) in [5.41, 5.74) is 7.39. The molecular weight excluding hydrogens is 286 g/mol. The van der Waals surface area contributed by atoms with Crippen LogP contribution in [0, 0.1) is 0 Å². The Labute approximate surface area is 127 Å². The summed E-state index contributed by atoms with van der Waals surface area (Å²) < 4.78 is 4.52. The number of aromatic amines is 1. The van der Waals surface area contributed by atoms with E-state index >= 15 is 0 Å². The van der Waals surface area contributed by atoms with Gasteiger partial charge in [0.05, 0.1) is 7.11 Å². The van der Waals surface area contributed by atoms with Gasteiger partial charge in [0.25, 0.3) is 0 Å². The average Bonchev–Trinajstić information content (AvgIpc) is 2.93. The molecule has 0 aliphatic carbocycles. The van der Waals surface area contributed by atoms with Crippen LogP contribution >= 0.6 is 0 Å². The number of aryl methyl sites for hydroxylation is 1. The molecule has 0 radical (unpaired) electrons. The van der Waals surface area contributed by atoms with Crippen LogP contribution in [0.3, 0.4) is 0 Å². The molecule has 0 saturated carbocycles. The van der Waals surface area contributed by atoms with E-state index in [0.29, 0.717) is 17.9 Å². The number of nitrogen functional groups attached to an aromatic ring is 1. The number of rotatable bonds is 6. The summed E-state index contributed by atoms with van der Waals surface area (Å²) >= 11 is 0. The number of nitrogens with two attached hydrogens (primary N) is 1. The number of nitrogens with zero attached hydrogens (tertiary/aromatic N) is 2. The molecule has 0 aliphatic rings. The van der Waals surface area contributed by atoms with Crippen molar-refractivity contribution in [2.75, 3.05) is 18.2 Å². The maximum Gasteiger partial charge on any atom is 0.313 e. The summed E-state index contributed by atoms with van der Waals surface area (Å²) in [6.07, 6.45) is 0.757. The number of para-hydroxylation sites is 1. The summed E-state index contributed by atoms with van der Waals surface area (Å²) in [6.45, 7) is 0. The van der Waals surface area contributed by atoms with E-state index in [1.807, 2.05) is 18.2 Å². The minimum atomic E-state index is -0.437. The molecule has 8 heteroatoms. The third-order valence-electron chi connectivity index (χ3n) is 3.00. The zero-order chi connectivity index (χ0) is 15.9. The van der Waals surface area contributed by atoms with Crippen molar-refractivity contribution in [3.05, 3.63) is 35.7 Å². The molecule has 116 valence electrons. The van der Waals surface area contributed by atoms with Crippen LogP contribution in [0.2, 0.25) is 0 Å². The molecular formula is C14H17N5O3. The Hall–Kier alpha value is -2.90. The SMILES string of the molecule is COC(=O)Cc1nc(NC(=O)CCc2ccccc2N)n[nH]1. The first-order valence-corrected chi connectivity index (χ1v) is 6.70. The molecule has 1 aromatic carbocycles. The van der Waals surface area contributed by atoms with Gasteiger partial charge in [0.2, 0.25) is 11.9 Å². The van der Waals surface area contributed by atoms with E-state index in [0.717, 1.165) is 5.56 Å². The molecule has 1 aromatic heterocycles. The molecule has 1 heterocycles. The number of carbonyl (C=O) groups excluding carboxylic acids is 2. The Balaban J connectivity index is 1.85.